The first-order valence-electron chi connectivity index (χ1n) is 11.9. The largest absolute Gasteiger partial charge is 0.508 e. The van der Waals surface area contributed by atoms with Gasteiger partial charge in [0.1, 0.15) is 9.32 Å². The number of rotatable bonds is 6. The van der Waals surface area contributed by atoms with E-state index < -0.39 is 0 Å². The molecule has 0 spiro atoms. The summed E-state index contributed by atoms with van der Waals surface area (Å²) < 4.78 is 0.691. The van der Waals surface area contributed by atoms with Gasteiger partial charge in [-0.1, -0.05) is 60.7 Å². The summed E-state index contributed by atoms with van der Waals surface area (Å²) in [6.07, 6.45) is 4.67. The van der Waals surface area contributed by atoms with Crippen molar-refractivity contribution in [3.8, 4) is 5.75 Å². The molecule has 0 saturated heterocycles. The summed E-state index contributed by atoms with van der Waals surface area (Å²) in [7, 11) is 0. The van der Waals surface area contributed by atoms with E-state index in [1.165, 1.54) is 23.4 Å². The van der Waals surface area contributed by atoms with E-state index in [4.69, 9.17) is 5.11 Å². The molecule has 0 aliphatic rings. The molecule has 6 N–H and O–H groups in total. The molecule has 200 valence electrons. The fourth-order valence-corrected chi connectivity index (χ4v) is 3.70. The summed E-state index contributed by atoms with van der Waals surface area (Å²) in [5.74, 6) is -0.00579. The van der Waals surface area contributed by atoms with Gasteiger partial charge in [-0.2, -0.15) is 0 Å². The van der Waals surface area contributed by atoms with Crippen LogP contribution in [0.4, 0.5) is 11.4 Å². The minimum atomic E-state index is -0.287. The van der Waals surface area contributed by atoms with Crippen molar-refractivity contribution in [3.63, 3.8) is 0 Å². The summed E-state index contributed by atoms with van der Waals surface area (Å²) in [4.78, 5) is 40.2. The zero-order valence-electron chi connectivity index (χ0n) is 20.9. The highest BCUT2D eigenvalue weighted by atomic mass is 127. The van der Waals surface area contributed by atoms with Crippen molar-refractivity contribution >= 4 is 34.0 Å². The third-order valence-corrected chi connectivity index (χ3v) is 6.17. The maximum Gasteiger partial charge on any atom is 0.263 e. The molecular weight excluding hydrogens is 609 g/mol. The highest BCUT2D eigenvalue weighted by molar-refractivity contribution is 14.1. The summed E-state index contributed by atoms with van der Waals surface area (Å²) in [6, 6.07) is 27.9. The van der Waals surface area contributed by atoms with E-state index in [1.54, 1.807) is 18.5 Å². The molecular formula is C29H28IN5O4. The van der Waals surface area contributed by atoms with E-state index in [9.17, 15) is 14.4 Å². The molecule has 3 heterocycles. The van der Waals surface area contributed by atoms with Gasteiger partial charge in [-0.15, -0.1) is 0 Å². The van der Waals surface area contributed by atoms with Crippen molar-refractivity contribution in [2.45, 2.75) is 13.1 Å². The van der Waals surface area contributed by atoms with Crippen molar-refractivity contribution in [3.05, 3.63) is 155 Å². The maximum absolute atomic E-state index is 11.3. The molecule has 0 amide bonds. The van der Waals surface area contributed by atoms with Crippen LogP contribution in [0.2, 0.25) is 0 Å². The Balaban J connectivity index is 0.000000171. The van der Waals surface area contributed by atoms with Crippen molar-refractivity contribution in [1.82, 2.24) is 15.0 Å². The topological polar surface area (TPSA) is 143 Å². The predicted octanol–water partition coefficient (Wildman–Crippen LogP) is 4.66. The quantitative estimate of drug-likeness (QED) is 0.150. The molecule has 3 aromatic heterocycles. The SMILES string of the molecule is O=c1[nH]ccc(NCc2ccccc2)c1I.O=c1cc(NCc2ccccc2)cc[nH]1.O=c1cc(O)cc[nH]1. The smallest absolute Gasteiger partial charge is 0.263 e. The Kier molecular flexibility index (Phi) is 11.6. The Morgan fingerprint density at radius 3 is 1.72 bits per heavy atom. The monoisotopic (exact) mass is 637 g/mol. The fraction of sp³-hybridized carbons (Fsp3) is 0.0690. The van der Waals surface area contributed by atoms with Crippen LogP contribution in [-0.4, -0.2) is 20.1 Å². The van der Waals surface area contributed by atoms with E-state index in [0.29, 0.717) is 3.57 Å². The molecule has 10 heteroatoms. The van der Waals surface area contributed by atoms with Crippen LogP contribution in [0.15, 0.2) is 124 Å². The van der Waals surface area contributed by atoms with Crippen LogP contribution in [-0.2, 0) is 13.1 Å². The number of benzene rings is 2. The highest BCUT2D eigenvalue weighted by Crippen LogP contribution is 2.13. The third kappa shape index (κ3) is 10.7. The van der Waals surface area contributed by atoms with E-state index in [0.717, 1.165) is 30.5 Å². The van der Waals surface area contributed by atoms with E-state index >= 15 is 0 Å². The number of hydrogen-bond donors (Lipinski definition) is 6. The Bertz CT molecular complexity index is 1600. The van der Waals surface area contributed by atoms with Gasteiger partial charge in [0.05, 0.1) is 5.69 Å². The van der Waals surface area contributed by atoms with E-state index in [1.807, 2.05) is 95.4 Å². The van der Waals surface area contributed by atoms with E-state index in [-0.39, 0.29) is 22.4 Å². The van der Waals surface area contributed by atoms with Crippen LogP contribution in [0.5, 0.6) is 5.75 Å². The number of halogens is 1. The van der Waals surface area contributed by atoms with Crippen LogP contribution in [0.1, 0.15) is 11.1 Å². The van der Waals surface area contributed by atoms with Crippen LogP contribution >= 0.6 is 22.6 Å². The first kappa shape index (κ1) is 29.0. The van der Waals surface area contributed by atoms with Crippen molar-refractivity contribution < 1.29 is 5.11 Å². The Hall–Kier alpha value is -4.58. The molecule has 0 unspecified atom stereocenters. The van der Waals surface area contributed by atoms with Gasteiger partial charge in [0.2, 0.25) is 5.56 Å². The number of H-pyrrole nitrogens is 3. The third-order valence-electron chi connectivity index (χ3n) is 5.10. The fourth-order valence-electron chi connectivity index (χ4n) is 3.18. The van der Waals surface area contributed by atoms with Crippen LogP contribution < -0.4 is 27.3 Å². The zero-order chi connectivity index (χ0) is 27.9. The van der Waals surface area contributed by atoms with Gasteiger partial charge in [-0.05, 0) is 51.9 Å². The zero-order valence-corrected chi connectivity index (χ0v) is 23.0. The van der Waals surface area contributed by atoms with Gasteiger partial charge in [0, 0.05) is 49.5 Å². The molecule has 0 bridgehead atoms. The minimum absolute atomic E-state index is 0.00579. The van der Waals surface area contributed by atoms with Gasteiger partial charge in [-0.3, -0.25) is 14.4 Å². The maximum atomic E-state index is 11.3. The minimum Gasteiger partial charge on any atom is -0.508 e. The van der Waals surface area contributed by atoms with Crippen LogP contribution in [0.3, 0.4) is 0 Å². The molecule has 0 atom stereocenters. The molecule has 0 radical (unpaired) electrons. The first-order valence-corrected chi connectivity index (χ1v) is 13.0. The Morgan fingerprint density at radius 1 is 0.641 bits per heavy atom. The molecule has 5 aromatic rings. The Labute approximate surface area is 238 Å². The molecule has 0 aliphatic carbocycles. The van der Waals surface area contributed by atoms with Gasteiger partial charge in [0.25, 0.3) is 11.1 Å². The number of pyridine rings is 3. The standard InChI is InChI=1S/C12H11IN2O.C12H12N2O.C5H5NO2/c13-11-10(6-7-14-12(11)16)15-8-9-4-2-1-3-5-9;15-12-8-11(6-7-13-12)14-9-10-4-2-1-3-5-10;7-4-1-2-6-5(8)3-4/h1-7H,8H2,(H2,14,15,16);1-8H,9H2,(H2,13,14,15);1-3H,(H2,6,7,8). The summed E-state index contributed by atoms with van der Waals surface area (Å²) >= 11 is 2.04. The normalized spacial score (nSPS) is 9.77. The molecule has 0 fully saturated rings. The molecule has 0 aliphatic heterocycles. The highest BCUT2D eigenvalue weighted by Gasteiger charge is 2.02. The van der Waals surface area contributed by atoms with Crippen LogP contribution in [0, 0.1) is 3.57 Å². The van der Waals surface area contributed by atoms with E-state index in [2.05, 4.69) is 25.6 Å². The molecule has 2 aromatic carbocycles. The number of anilines is 2. The molecule has 0 saturated carbocycles. The predicted molar refractivity (Wildman–Crippen MR) is 163 cm³/mol. The summed E-state index contributed by atoms with van der Waals surface area (Å²) in [6.45, 7) is 1.45. The lowest BCUT2D eigenvalue weighted by atomic mass is 10.2. The van der Waals surface area contributed by atoms with Gasteiger partial charge >= 0.3 is 0 Å². The number of aromatic amines is 3. The number of aromatic hydroxyl groups is 1. The molecule has 39 heavy (non-hydrogen) atoms. The number of aromatic nitrogens is 3. The Morgan fingerprint density at radius 2 is 1.18 bits per heavy atom. The lowest BCUT2D eigenvalue weighted by Crippen LogP contribution is -2.12. The van der Waals surface area contributed by atoms with Gasteiger partial charge in [0.15, 0.2) is 0 Å². The lowest BCUT2D eigenvalue weighted by Gasteiger charge is -2.07. The second-order valence-electron chi connectivity index (χ2n) is 8.07. The van der Waals surface area contributed by atoms with Crippen LogP contribution in [0.25, 0.3) is 0 Å². The van der Waals surface area contributed by atoms with Crippen molar-refractivity contribution in [1.29, 1.82) is 0 Å². The summed E-state index contributed by atoms with van der Waals surface area (Å²) in [5, 5.41) is 15.0. The van der Waals surface area contributed by atoms with Crippen molar-refractivity contribution in [2.24, 2.45) is 0 Å². The lowest BCUT2D eigenvalue weighted by molar-refractivity contribution is 0.473. The number of hydrogen-bond acceptors (Lipinski definition) is 6. The average Bonchev–Trinajstić information content (AvgIpc) is 2.95. The summed E-state index contributed by atoms with van der Waals surface area (Å²) in [5.41, 5.74) is 3.66. The van der Waals surface area contributed by atoms with Gasteiger partial charge in [-0.25, -0.2) is 0 Å². The van der Waals surface area contributed by atoms with Crippen molar-refractivity contribution in [2.75, 3.05) is 10.6 Å². The second-order valence-corrected chi connectivity index (χ2v) is 9.14. The molecule has 5 rings (SSSR count). The molecule has 9 nitrogen and oxygen atoms in total. The van der Waals surface area contributed by atoms with Gasteiger partial charge < -0.3 is 30.7 Å². The second kappa shape index (κ2) is 15.6. The first-order chi connectivity index (χ1) is 18.9. The average molecular weight is 637 g/mol. The number of nitrogens with one attached hydrogen (secondary N) is 5.